The highest BCUT2D eigenvalue weighted by atomic mass is 14.9. The summed E-state index contributed by atoms with van der Waals surface area (Å²) >= 11 is 0. The van der Waals surface area contributed by atoms with Crippen LogP contribution < -0.4 is 5.73 Å². The molecule has 52 valence electrons. The van der Waals surface area contributed by atoms with Crippen LogP contribution in [0.5, 0.6) is 0 Å². The quantitative estimate of drug-likeness (QED) is 0.627. The van der Waals surface area contributed by atoms with Crippen molar-refractivity contribution in [3.8, 4) is 0 Å². The molecule has 0 saturated heterocycles. The molecular formula is C7H9N3. The number of nitrogen functional groups attached to an aromatic ring is 1. The Morgan fingerprint density at radius 3 is 2.90 bits per heavy atom. The lowest BCUT2D eigenvalue weighted by molar-refractivity contribution is 1.16. The molecule has 3 heteroatoms. The zero-order valence-electron chi connectivity index (χ0n) is 5.78. The molecule has 0 amide bonds. The van der Waals surface area contributed by atoms with Gasteiger partial charge in [-0.1, -0.05) is 6.08 Å². The molecule has 0 aliphatic carbocycles. The second-order valence-corrected chi connectivity index (χ2v) is 1.87. The van der Waals surface area contributed by atoms with Gasteiger partial charge in [-0.25, -0.2) is 9.97 Å². The molecule has 0 radical (unpaired) electrons. The smallest absolute Gasteiger partial charge is 0.127 e. The van der Waals surface area contributed by atoms with Crippen LogP contribution in [0.1, 0.15) is 12.6 Å². The molecule has 1 heterocycles. The Morgan fingerprint density at radius 1 is 1.50 bits per heavy atom. The van der Waals surface area contributed by atoms with Crippen molar-refractivity contribution in [1.82, 2.24) is 9.97 Å². The number of nitrogens with two attached hydrogens (primary N) is 1. The number of hydrogen-bond donors (Lipinski definition) is 1. The summed E-state index contributed by atoms with van der Waals surface area (Å²) in [5.41, 5.74) is 6.25. The molecule has 0 spiro atoms. The molecule has 1 rings (SSSR count). The summed E-state index contributed by atoms with van der Waals surface area (Å²) in [6, 6.07) is 1.72. The Balaban J connectivity index is 2.95. The van der Waals surface area contributed by atoms with Crippen LogP contribution in [0.25, 0.3) is 6.08 Å². The third-order valence-electron chi connectivity index (χ3n) is 1.05. The molecule has 0 unspecified atom stereocenters. The summed E-state index contributed by atoms with van der Waals surface area (Å²) in [7, 11) is 0. The van der Waals surface area contributed by atoms with E-state index in [1.807, 2.05) is 19.1 Å². The third kappa shape index (κ3) is 1.55. The molecule has 0 atom stereocenters. The van der Waals surface area contributed by atoms with Gasteiger partial charge < -0.3 is 5.73 Å². The Bertz CT molecular complexity index is 242. The van der Waals surface area contributed by atoms with Crippen molar-refractivity contribution in [2.75, 3.05) is 5.73 Å². The van der Waals surface area contributed by atoms with E-state index in [4.69, 9.17) is 5.73 Å². The van der Waals surface area contributed by atoms with Crippen LogP contribution >= 0.6 is 0 Å². The summed E-state index contributed by atoms with van der Waals surface area (Å²) in [5, 5.41) is 0. The highest BCUT2D eigenvalue weighted by molar-refractivity contribution is 5.47. The van der Waals surface area contributed by atoms with E-state index in [9.17, 15) is 0 Å². The maximum atomic E-state index is 5.40. The van der Waals surface area contributed by atoms with Gasteiger partial charge in [-0.2, -0.15) is 0 Å². The Hall–Kier alpha value is -1.38. The van der Waals surface area contributed by atoms with Crippen molar-refractivity contribution in [2.45, 2.75) is 6.92 Å². The van der Waals surface area contributed by atoms with Gasteiger partial charge in [0.1, 0.15) is 12.1 Å². The number of rotatable bonds is 1. The third-order valence-corrected chi connectivity index (χ3v) is 1.05. The number of nitrogens with zero attached hydrogens (tertiary/aromatic N) is 2. The Kier molecular flexibility index (Phi) is 1.99. The fourth-order valence-electron chi connectivity index (χ4n) is 0.650. The van der Waals surface area contributed by atoms with Gasteiger partial charge in [0, 0.05) is 6.07 Å². The van der Waals surface area contributed by atoms with Gasteiger partial charge >= 0.3 is 0 Å². The van der Waals surface area contributed by atoms with Crippen molar-refractivity contribution in [1.29, 1.82) is 0 Å². The van der Waals surface area contributed by atoms with Crippen molar-refractivity contribution >= 4 is 11.9 Å². The molecule has 1 aromatic rings. The molecule has 0 fully saturated rings. The minimum absolute atomic E-state index is 0.503. The van der Waals surface area contributed by atoms with E-state index in [1.165, 1.54) is 6.33 Å². The van der Waals surface area contributed by atoms with Crippen LogP contribution in [0.3, 0.4) is 0 Å². The predicted octanol–water partition coefficient (Wildman–Crippen LogP) is 1.09. The molecular weight excluding hydrogens is 126 g/mol. The van der Waals surface area contributed by atoms with Gasteiger partial charge in [0.15, 0.2) is 0 Å². The lowest BCUT2D eigenvalue weighted by Crippen LogP contribution is -1.91. The molecule has 0 saturated carbocycles. The monoisotopic (exact) mass is 135 g/mol. The van der Waals surface area contributed by atoms with Crippen LogP contribution in [0.2, 0.25) is 0 Å². The SMILES string of the molecule is C/C=C\c1cc(N)ncn1. The van der Waals surface area contributed by atoms with Gasteiger partial charge in [-0.05, 0) is 13.0 Å². The number of aromatic nitrogens is 2. The minimum atomic E-state index is 0.503. The first-order valence-electron chi connectivity index (χ1n) is 3.03. The molecule has 0 aliphatic heterocycles. The largest absolute Gasteiger partial charge is 0.384 e. The van der Waals surface area contributed by atoms with Crippen LogP contribution in [0, 0.1) is 0 Å². The molecule has 0 aromatic carbocycles. The molecule has 10 heavy (non-hydrogen) atoms. The van der Waals surface area contributed by atoms with Crippen molar-refractivity contribution in [2.24, 2.45) is 0 Å². The van der Waals surface area contributed by atoms with Gasteiger partial charge in [-0.3, -0.25) is 0 Å². The highest BCUT2D eigenvalue weighted by Crippen LogP contribution is 1.99. The number of anilines is 1. The average Bonchev–Trinajstić information content (AvgIpc) is 1.88. The zero-order chi connectivity index (χ0) is 7.40. The average molecular weight is 135 g/mol. The number of allylic oxidation sites excluding steroid dienone is 1. The molecule has 0 bridgehead atoms. The summed E-state index contributed by atoms with van der Waals surface area (Å²) in [6.07, 6.45) is 5.23. The van der Waals surface area contributed by atoms with Crippen LogP contribution in [-0.2, 0) is 0 Å². The van der Waals surface area contributed by atoms with Crippen molar-refractivity contribution in [3.63, 3.8) is 0 Å². The predicted molar refractivity (Wildman–Crippen MR) is 41.2 cm³/mol. The Labute approximate surface area is 59.6 Å². The first-order valence-corrected chi connectivity index (χ1v) is 3.03. The van der Waals surface area contributed by atoms with Crippen LogP contribution in [0.15, 0.2) is 18.5 Å². The fraction of sp³-hybridized carbons (Fsp3) is 0.143. The van der Waals surface area contributed by atoms with Gasteiger partial charge in [-0.15, -0.1) is 0 Å². The zero-order valence-corrected chi connectivity index (χ0v) is 5.78. The van der Waals surface area contributed by atoms with Gasteiger partial charge in [0.05, 0.1) is 5.69 Å². The maximum Gasteiger partial charge on any atom is 0.127 e. The standard InChI is InChI=1S/C7H9N3/c1-2-3-6-4-7(8)10-5-9-6/h2-5H,1H3,(H2,8,9,10)/b3-2-. The van der Waals surface area contributed by atoms with E-state index >= 15 is 0 Å². The normalized spacial score (nSPS) is 10.5. The second kappa shape index (κ2) is 2.96. The summed E-state index contributed by atoms with van der Waals surface area (Å²) in [5.74, 6) is 0.503. The summed E-state index contributed by atoms with van der Waals surface area (Å²) < 4.78 is 0. The van der Waals surface area contributed by atoms with Crippen LogP contribution in [0.4, 0.5) is 5.82 Å². The first-order chi connectivity index (χ1) is 4.83. The van der Waals surface area contributed by atoms with Gasteiger partial charge in [0.2, 0.25) is 0 Å². The molecule has 1 aromatic heterocycles. The van der Waals surface area contributed by atoms with Gasteiger partial charge in [0.25, 0.3) is 0 Å². The van der Waals surface area contributed by atoms with E-state index in [0.717, 1.165) is 5.69 Å². The van der Waals surface area contributed by atoms with E-state index < -0.39 is 0 Å². The fourth-order valence-corrected chi connectivity index (χ4v) is 0.650. The summed E-state index contributed by atoms with van der Waals surface area (Å²) in [6.45, 7) is 1.93. The minimum Gasteiger partial charge on any atom is -0.384 e. The molecule has 3 nitrogen and oxygen atoms in total. The van der Waals surface area contributed by atoms with Crippen molar-refractivity contribution in [3.05, 3.63) is 24.2 Å². The van der Waals surface area contributed by atoms with E-state index in [1.54, 1.807) is 6.07 Å². The molecule has 0 aliphatic rings. The number of hydrogen-bond acceptors (Lipinski definition) is 3. The summed E-state index contributed by atoms with van der Waals surface area (Å²) in [4.78, 5) is 7.71. The topological polar surface area (TPSA) is 51.8 Å². The van der Waals surface area contributed by atoms with E-state index in [2.05, 4.69) is 9.97 Å². The highest BCUT2D eigenvalue weighted by Gasteiger charge is 1.87. The lowest BCUT2D eigenvalue weighted by atomic mass is 10.3. The van der Waals surface area contributed by atoms with Crippen molar-refractivity contribution < 1.29 is 0 Å². The van der Waals surface area contributed by atoms with E-state index in [-0.39, 0.29) is 0 Å². The molecule has 2 N–H and O–H groups in total. The van der Waals surface area contributed by atoms with Crippen LogP contribution in [-0.4, -0.2) is 9.97 Å². The maximum absolute atomic E-state index is 5.40. The first kappa shape index (κ1) is 6.74. The second-order valence-electron chi connectivity index (χ2n) is 1.87. The lowest BCUT2D eigenvalue weighted by Gasteiger charge is -1.91. The van der Waals surface area contributed by atoms with E-state index in [0.29, 0.717) is 5.82 Å². The Morgan fingerprint density at radius 2 is 2.30 bits per heavy atom.